The summed E-state index contributed by atoms with van der Waals surface area (Å²) in [6.45, 7) is 1.85. The monoisotopic (exact) mass is 372 g/mol. The molecule has 0 atom stereocenters. The van der Waals surface area contributed by atoms with E-state index < -0.39 is 0 Å². The number of hydrogen-bond donors (Lipinski definition) is 2. The molecule has 0 bridgehead atoms. The van der Waals surface area contributed by atoms with Crippen LogP contribution in [-0.2, 0) is 9.59 Å². The fourth-order valence-corrected chi connectivity index (χ4v) is 3.01. The van der Waals surface area contributed by atoms with E-state index in [0.29, 0.717) is 6.54 Å². The molecule has 0 radical (unpaired) electrons. The molecule has 0 spiro atoms. The molecule has 6 heteroatoms. The summed E-state index contributed by atoms with van der Waals surface area (Å²) in [6, 6.07) is 15.6. The maximum absolute atomic E-state index is 12.8. The van der Waals surface area contributed by atoms with Crippen molar-refractivity contribution >= 4 is 29.7 Å². The van der Waals surface area contributed by atoms with Gasteiger partial charge in [0.15, 0.2) is 0 Å². The first-order valence-electron chi connectivity index (χ1n) is 8.25. The highest BCUT2D eigenvalue weighted by atomic mass is 32.2. The molecular weight excluding hydrogens is 351 g/mol. The second-order valence-electron chi connectivity index (χ2n) is 5.56. The van der Waals surface area contributed by atoms with Crippen LogP contribution < -0.4 is 10.6 Å². The lowest BCUT2D eigenvalue weighted by Gasteiger charge is -2.10. The fraction of sp³-hybridized carbons (Fsp3) is 0.200. The molecule has 2 amide bonds. The Morgan fingerprint density at radius 3 is 2.42 bits per heavy atom. The average Bonchev–Trinajstić information content (AvgIpc) is 2.63. The highest BCUT2D eigenvalue weighted by Gasteiger charge is 2.10. The van der Waals surface area contributed by atoms with E-state index in [4.69, 9.17) is 0 Å². The van der Waals surface area contributed by atoms with E-state index in [0.717, 1.165) is 22.6 Å². The van der Waals surface area contributed by atoms with Crippen molar-refractivity contribution in [2.45, 2.75) is 18.2 Å². The standard InChI is InChI=1S/C20H21FN2O2S/c1-15(24)23-19(14-16-6-3-2-4-7-16)20(25)22-12-5-13-26-18-10-8-17(21)9-11-18/h2-4,6-11,14H,5,12-13H2,1H3,(H,22,25)(H,23,24)/b19-14+. The predicted molar refractivity (Wildman–Crippen MR) is 103 cm³/mol. The van der Waals surface area contributed by atoms with Crippen LogP contribution in [0.4, 0.5) is 4.39 Å². The summed E-state index contributed by atoms with van der Waals surface area (Å²) in [5.74, 6) is -0.0774. The Hall–Kier alpha value is -2.60. The van der Waals surface area contributed by atoms with Gasteiger partial charge in [-0.25, -0.2) is 4.39 Å². The first-order valence-corrected chi connectivity index (χ1v) is 9.24. The second-order valence-corrected chi connectivity index (χ2v) is 6.73. The van der Waals surface area contributed by atoms with Crippen LogP contribution in [0.15, 0.2) is 65.2 Å². The lowest BCUT2D eigenvalue weighted by molar-refractivity contribution is -0.122. The van der Waals surface area contributed by atoms with Crippen molar-refractivity contribution in [1.82, 2.24) is 10.6 Å². The van der Waals surface area contributed by atoms with E-state index in [-0.39, 0.29) is 23.3 Å². The molecule has 0 aromatic heterocycles. The Morgan fingerprint density at radius 2 is 1.77 bits per heavy atom. The van der Waals surface area contributed by atoms with Gasteiger partial charge in [-0.15, -0.1) is 11.8 Å². The number of thioether (sulfide) groups is 1. The molecule has 26 heavy (non-hydrogen) atoms. The van der Waals surface area contributed by atoms with E-state index >= 15 is 0 Å². The van der Waals surface area contributed by atoms with Crippen LogP contribution in [0.2, 0.25) is 0 Å². The first kappa shape index (κ1) is 19.7. The number of halogens is 1. The molecule has 0 unspecified atom stereocenters. The lowest BCUT2D eigenvalue weighted by Crippen LogP contribution is -2.34. The zero-order valence-electron chi connectivity index (χ0n) is 14.5. The Kier molecular flexibility index (Phi) is 7.89. The molecule has 0 heterocycles. The molecule has 4 nitrogen and oxygen atoms in total. The molecule has 2 rings (SSSR count). The maximum atomic E-state index is 12.8. The van der Waals surface area contributed by atoms with Crippen LogP contribution in [0.3, 0.4) is 0 Å². The number of benzene rings is 2. The minimum absolute atomic E-state index is 0.217. The summed E-state index contributed by atoms with van der Waals surface area (Å²) in [6.07, 6.45) is 2.40. The molecule has 2 N–H and O–H groups in total. The van der Waals surface area contributed by atoms with Gasteiger partial charge in [-0.2, -0.15) is 0 Å². The average molecular weight is 372 g/mol. The highest BCUT2D eigenvalue weighted by Crippen LogP contribution is 2.18. The van der Waals surface area contributed by atoms with Crippen molar-refractivity contribution in [3.05, 3.63) is 71.7 Å². The van der Waals surface area contributed by atoms with Gasteiger partial charge in [-0.1, -0.05) is 30.3 Å². The number of hydrogen-bond acceptors (Lipinski definition) is 3. The minimum atomic E-state index is -0.323. The third kappa shape index (κ3) is 7.11. The lowest BCUT2D eigenvalue weighted by atomic mass is 10.2. The number of nitrogens with one attached hydrogen (secondary N) is 2. The Morgan fingerprint density at radius 1 is 1.08 bits per heavy atom. The number of carbonyl (C=O) groups is 2. The molecule has 2 aromatic carbocycles. The molecule has 136 valence electrons. The van der Waals surface area contributed by atoms with Crippen molar-refractivity contribution in [2.24, 2.45) is 0 Å². The van der Waals surface area contributed by atoms with Gasteiger partial charge < -0.3 is 10.6 Å². The van der Waals surface area contributed by atoms with Gasteiger partial charge in [0.1, 0.15) is 11.5 Å². The molecule has 2 aromatic rings. The second kappa shape index (κ2) is 10.4. The van der Waals surface area contributed by atoms with Crippen LogP contribution in [0.1, 0.15) is 18.9 Å². The molecule has 0 saturated carbocycles. The number of rotatable bonds is 8. The normalized spacial score (nSPS) is 11.1. The number of carbonyl (C=O) groups excluding carboxylic acids is 2. The van der Waals surface area contributed by atoms with Crippen molar-refractivity contribution in [2.75, 3.05) is 12.3 Å². The summed E-state index contributed by atoms with van der Waals surface area (Å²) in [7, 11) is 0. The number of amides is 2. The van der Waals surface area contributed by atoms with E-state index in [1.807, 2.05) is 30.3 Å². The topological polar surface area (TPSA) is 58.2 Å². The smallest absolute Gasteiger partial charge is 0.267 e. The Bertz CT molecular complexity index is 761. The van der Waals surface area contributed by atoms with E-state index in [1.54, 1.807) is 30.0 Å². The SMILES string of the molecule is CC(=O)N/C(=C/c1ccccc1)C(=O)NCCCSc1ccc(F)cc1. The zero-order valence-corrected chi connectivity index (χ0v) is 15.3. The predicted octanol–water partition coefficient (Wildman–Crippen LogP) is 3.60. The minimum Gasteiger partial charge on any atom is -0.351 e. The van der Waals surface area contributed by atoms with Gasteiger partial charge in [0.2, 0.25) is 5.91 Å². The van der Waals surface area contributed by atoms with Crippen LogP contribution in [0.25, 0.3) is 6.08 Å². The van der Waals surface area contributed by atoms with Gasteiger partial charge in [-0.05, 0) is 48.1 Å². The largest absolute Gasteiger partial charge is 0.351 e. The molecule has 0 aliphatic carbocycles. The summed E-state index contributed by atoms with van der Waals surface area (Å²) < 4.78 is 12.8. The van der Waals surface area contributed by atoms with Gasteiger partial charge in [0.05, 0.1) is 0 Å². The van der Waals surface area contributed by atoms with E-state index in [1.165, 1.54) is 19.1 Å². The van der Waals surface area contributed by atoms with Crippen molar-refractivity contribution in [3.63, 3.8) is 0 Å². The summed E-state index contributed by atoms with van der Waals surface area (Å²) in [5.41, 5.74) is 1.05. The van der Waals surface area contributed by atoms with Gasteiger partial charge >= 0.3 is 0 Å². The van der Waals surface area contributed by atoms with Gasteiger partial charge in [0, 0.05) is 18.4 Å². The Balaban J connectivity index is 1.82. The summed E-state index contributed by atoms with van der Waals surface area (Å²) in [4.78, 5) is 24.6. The maximum Gasteiger partial charge on any atom is 0.267 e. The molecule has 0 saturated heterocycles. The molecule has 0 fully saturated rings. The van der Waals surface area contributed by atoms with Crippen molar-refractivity contribution in [1.29, 1.82) is 0 Å². The Labute approximate surface area is 156 Å². The van der Waals surface area contributed by atoms with Crippen molar-refractivity contribution < 1.29 is 14.0 Å². The van der Waals surface area contributed by atoms with Crippen LogP contribution >= 0.6 is 11.8 Å². The van der Waals surface area contributed by atoms with Crippen LogP contribution in [0, 0.1) is 5.82 Å². The van der Waals surface area contributed by atoms with Crippen LogP contribution in [0.5, 0.6) is 0 Å². The molecular formula is C20H21FN2O2S. The van der Waals surface area contributed by atoms with Gasteiger partial charge in [0.25, 0.3) is 5.91 Å². The third-order valence-electron chi connectivity index (χ3n) is 3.35. The highest BCUT2D eigenvalue weighted by molar-refractivity contribution is 7.99. The van der Waals surface area contributed by atoms with Crippen LogP contribution in [-0.4, -0.2) is 24.1 Å². The summed E-state index contributed by atoms with van der Waals surface area (Å²) in [5, 5.41) is 5.38. The summed E-state index contributed by atoms with van der Waals surface area (Å²) >= 11 is 1.60. The van der Waals surface area contributed by atoms with E-state index in [2.05, 4.69) is 10.6 Å². The van der Waals surface area contributed by atoms with E-state index in [9.17, 15) is 14.0 Å². The fourth-order valence-electron chi connectivity index (χ4n) is 2.15. The zero-order chi connectivity index (χ0) is 18.8. The third-order valence-corrected chi connectivity index (χ3v) is 4.45. The quantitative estimate of drug-likeness (QED) is 0.423. The molecule has 0 aliphatic heterocycles. The van der Waals surface area contributed by atoms with Gasteiger partial charge in [-0.3, -0.25) is 9.59 Å². The molecule has 0 aliphatic rings. The van der Waals surface area contributed by atoms with Crippen molar-refractivity contribution in [3.8, 4) is 0 Å². The first-order chi connectivity index (χ1) is 12.5.